The summed E-state index contributed by atoms with van der Waals surface area (Å²) in [6.45, 7) is 10.4. The highest BCUT2D eigenvalue weighted by Crippen LogP contribution is 2.26. The molecule has 1 aromatic carbocycles. The van der Waals surface area contributed by atoms with E-state index in [4.69, 9.17) is 0 Å². The van der Waals surface area contributed by atoms with Crippen LogP contribution in [-0.4, -0.2) is 24.7 Å². The van der Waals surface area contributed by atoms with E-state index >= 15 is 0 Å². The topological polar surface area (TPSA) is 24.1 Å². The van der Waals surface area contributed by atoms with Crippen molar-refractivity contribution in [2.75, 3.05) is 13.1 Å². The zero-order valence-corrected chi connectivity index (χ0v) is 12.4. The lowest BCUT2D eigenvalue weighted by molar-refractivity contribution is 0.398. The summed E-state index contributed by atoms with van der Waals surface area (Å²) < 4.78 is 13.9. The molecular weight excluding hydrogens is 239 g/mol. The fourth-order valence-corrected chi connectivity index (χ4v) is 2.81. The zero-order chi connectivity index (χ0) is 14.1. The molecule has 1 heterocycles. The van der Waals surface area contributed by atoms with Crippen molar-refractivity contribution >= 4 is 0 Å². The summed E-state index contributed by atoms with van der Waals surface area (Å²) in [7, 11) is 0. The van der Waals surface area contributed by atoms with Gasteiger partial charge >= 0.3 is 0 Å². The number of hydrogen-bond donors (Lipinski definition) is 2. The van der Waals surface area contributed by atoms with Crippen LogP contribution in [0.15, 0.2) is 24.3 Å². The summed E-state index contributed by atoms with van der Waals surface area (Å²) in [4.78, 5) is 0. The van der Waals surface area contributed by atoms with Crippen molar-refractivity contribution in [2.24, 2.45) is 0 Å². The monoisotopic (exact) mass is 264 g/mol. The van der Waals surface area contributed by atoms with Gasteiger partial charge in [-0.2, -0.15) is 0 Å². The molecule has 1 atom stereocenters. The van der Waals surface area contributed by atoms with Crippen LogP contribution < -0.4 is 10.6 Å². The van der Waals surface area contributed by atoms with Crippen LogP contribution in [-0.2, 0) is 5.41 Å². The van der Waals surface area contributed by atoms with Crippen molar-refractivity contribution in [3.8, 4) is 0 Å². The summed E-state index contributed by atoms with van der Waals surface area (Å²) in [5.74, 6) is -0.112. The van der Waals surface area contributed by atoms with Crippen molar-refractivity contribution in [1.29, 1.82) is 0 Å². The second-order valence-corrected chi connectivity index (χ2v) is 6.91. The first-order valence-electron chi connectivity index (χ1n) is 7.04. The number of benzene rings is 1. The molecule has 0 aliphatic carbocycles. The summed E-state index contributed by atoms with van der Waals surface area (Å²) in [5.41, 5.74) is 0.797. The third-order valence-corrected chi connectivity index (χ3v) is 4.02. The fraction of sp³-hybridized carbons (Fsp3) is 0.625. The highest BCUT2D eigenvalue weighted by atomic mass is 19.1. The molecule has 0 radical (unpaired) electrons. The molecular formula is C16H25FN2. The number of halogens is 1. The van der Waals surface area contributed by atoms with Crippen molar-refractivity contribution < 1.29 is 4.39 Å². The zero-order valence-electron chi connectivity index (χ0n) is 12.4. The van der Waals surface area contributed by atoms with Gasteiger partial charge < -0.3 is 10.6 Å². The molecule has 19 heavy (non-hydrogen) atoms. The molecule has 1 saturated heterocycles. The first-order valence-corrected chi connectivity index (χ1v) is 7.04. The lowest BCUT2D eigenvalue weighted by atomic mass is 9.84. The van der Waals surface area contributed by atoms with Crippen LogP contribution in [0.3, 0.4) is 0 Å². The van der Waals surface area contributed by atoms with E-state index in [1.54, 1.807) is 6.07 Å². The Morgan fingerprint density at radius 3 is 2.63 bits per heavy atom. The van der Waals surface area contributed by atoms with Crippen LogP contribution in [0, 0.1) is 5.82 Å². The van der Waals surface area contributed by atoms with E-state index in [0.717, 1.165) is 25.1 Å². The smallest absolute Gasteiger partial charge is 0.126 e. The maximum absolute atomic E-state index is 13.9. The minimum absolute atomic E-state index is 0.112. The van der Waals surface area contributed by atoms with E-state index in [1.807, 2.05) is 12.1 Å². The number of hydrogen-bond acceptors (Lipinski definition) is 2. The Bertz CT molecular complexity index is 440. The molecule has 2 rings (SSSR count). The van der Waals surface area contributed by atoms with Crippen LogP contribution in [0.25, 0.3) is 0 Å². The lowest BCUT2D eigenvalue weighted by Gasteiger charge is -2.28. The van der Waals surface area contributed by atoms with Gasteiger partial charge in [0.15, 0.2) is 0 Å². The Kier molecular flexibility index (Phi) is 3.98. The van der Waals surface area contributed by atoms with E-state index in [-0.39, 0.29) is 16.8 Å². The third kappa shape index (κ3) is 3.54. The van der Waals surface area contributed by atoms with Gasteiger partial charge in [-0.1, -0.05) is 32.0 Å². The molecule has 1 aliphatic heterocycles. The highest BCUT2D eigenvalue weighted by Gasteiger charge is 2.32. The first kappa shape index (κ1) is 14.5. The molecule has 1 aromatic rings. The van der Waals surface area contributed by atoms with E-state index < -0.39 is 0 Å². The van der Waals surface area contributed by atoms with Crippen molar-refractivity contribution in [3.63, 3.8) is 0 Å². The Morgan fingerprint density at radius 2 is 2.05 bits per heavy atom. The van der Waals surface area contributed by atoms with Crippen LogP contribution in [0.1, 0.15) is 39.7 Å². The quantitative estimate of drug-likeness (QED) is 0.874. The fourth-order valence-electron chi connectivity index (χ4n) is 2.81. The summed E-state index contributed by atoms with van der Waals surface area (Å²) in [6, 6.07) is 7.54. The lowest BCUT2D eigenvalue weighted by Crippen LogP contribution is -2.40. The van der Waals surface area contributed by atoms with Gasteiger partial charge in [0, 0.05) is 30.1 Å². The molecule has 0 amide bonds. The van der Waals surface area contributed by atoms with Gasteiger partial charge in [0.1, 0.15) is 5.82 Å². The predicted octanol–water partition coefficient (Wildman–Crippen LogP) is 2.83. The molecule has 1 unspecified atom stereocenters. The molecule has 1 aliphatic rings. The highest BCUT2D eigenvalue weighted by molar-refractivity contribution is 5.26. The molecule has 106 valence electrons. The Hall–Kier alpha value is -0.930. The molecule has 3 heteroatoms. The molecule has 0 aromatic heterocycles. The van der Waals surface area contributed by atoms with E-state index in [9.17, 15) is 4.39 Å². The summed E-state index contributed by atoms with van der Waals surface area (Å²) in [6.07, 6.45) is 1.11. The first-order chi connectivity index (χ1) is 8.80. The van der Waals surface area contributed by atoms with E-state index in [2.05, 4.69) is 38.3 Å². The Morgan fingerprint density at radius 1 is 1.37 bits per heavy atom. The molecule has 2 nitrogen and oxygen atoms in total. The summed E-state index contributed by atoms with van der Waals surface area (Å²) in [5, 5.41) is 7.07. The van der Waals surface area contributed by atoms with Crippen LogP contribution >= 0.6 is 0 Å². The van der Waals surface area contributed by atoms with Gasteiger partial charge in [0.2, 0.25) is 0 Å². The summed E-state index contributed by atoms with van der Waals surface area (Å²) >= 11 is 0. The minimum Gasteiger partial charge on any atom is -0.312 e. The second-order valence-electron chi connectivity index (χ2n) is 6.91. The largest absolute Gasteiger partial charge is 0.312 e. The van der Waals surface area contributed by atoms with Crippen LogP contribution in [0.5, 0.6) is 0 Å². The van der Waals surface area contributed by atoms with Crippen molar-refractivity contribution in [2.45, 2.75) is 51.1 Å². The predicted molar refractivity (Wildman–Crippen MR) is 77.9 cm³/mol. The van der Waals surface area contributed by atoms with Gasteiger partial charge in [0.25, 0.3) is 0 Å². The average molecular weight is 264 g/mol. The number of nitrogens with one attached hydrogen (secondary N) is 2. The van der Waals surface area contributed by atoms with Gasteiger partial charge in [-0.25, -0.2) is 4.39 Å². The normalized spacial score (nSPS) is 22.7. The van der Waals surface area contributed by atoms with E-state index in [0.29, 0.717) is 6.04 Å². The average Bonchev–Trinajstić information content (AvgIpc) is 2.67. The van der Waals surface area contributed by atoms with E-state index in [1.165, 1.54) is 6.07 Å². The van der Waals surface area contributed by atoms with Crippen molar-refractivity contribution in [3.05, 3.63) is 35.6 Å². The Balaban J connectivity index is 1.97. The third-order valence-electron chi connectivity index (χ3n) is 4.02. The van der Waals surface area contributed by atoms with Gasteiger partial charge in [-0.3, -0.25) is 0 Å². The van der Waals surface area contributed by atoms with Gasteiger partial charge in [-0.05, 0) is 31.9 Å². The maximum atomic E-state index is 13.9. The molecule has 1 fully saturated rings. The van der Waals surface area contributed by atoms with Gasteiger partial charge in [0.05, 0.1) is 0 Å². The molecule has 0 spiro atoms. The van der Waals surface area contributed by atoms with Gasteiger partial charge in [-0.15, -0.1) is 0 Å². The minimum atomic E-state index is -0.196. The van der Waals surface area contributed by atoms with Crippen LogP contribution in [0.2, 0.25) is 0 Å². The van der Waals surface area contributed by atoms with Crippen LogP contribution in [0.4, 0.5) is 4.39 Å². The molecule has 2 N–H and O–H groups in total. The SMILES string of the molecule is CC1(C)CC(NCC(C)(C)c2ccccc2F)CN1. The standard InChI is InChI=1S/C16H25FN2/c1-15(2,13-7-5-6-8-14(13)17)11-18-12-9-16(3,4)19-10-12/h5-8,12,18-19H,9-11H2,1-4H3. The number of rotatable bonds is 4. The maximum Gasteiger partial charge on any atom is 0.126 e. The second kappa shape index (κ2) is 5.22. The molecule has 0 bridgehead atoms. The molecule has 0 saturated carbocycles. The Labute approximate surface area is 115 Å². The van der Waals surface area contributed by atoms with Crippen molar-refractivity contribution in [1.82, 2.24) is 10.6 Å².